The van der Waals surface area contributed by atoms with Crippen molar-refractivity contribution in [3.05, 3.63) is 30.1 Å². The number of hydrogen-bond donors (Lipinski definition) is 2. The molecular formula is C14H24N2O. The van der Waals surface area contributed by atoms with E-state index >= 15 is 0 Å². The van der Waals surface area contributed by atoms with E-state index in [2.05, 4.69) is 30.2 Å². The van der Waals surface area contributed by atoms with Gasteiger partial charge in [0.1, 0.15) is 0 Å². The average Bonchev–Trinajstić information content (AvgIpc) is 2.29. The topological polar surface area (TPSA) is 45.1 Å². The molecule has 96 valence electrons. The Bertz CT molecular complexity index is 311. The monoisotopic (exact) mass is 236 g/mol. The van der Waals surface area contributed by atoms with Crippen LogP contribution in [-0.4, -0.2) is 22.7 Å². The van der Waals surface area contributed by atoms with Crippen molar-refractivity contribution in [1.82, 2.24) is 10.3 Å². The van der Waals surface area contributed by atoms with Crippen molar-refractivity contribution in [1.29, 1.82) is 0 Å². The van der Waals surface area contributed by atoms with Gasteiger partial charge in [-0.25, -0.2) is 0 Å². The van der Waals surface area contributed by atoms with Crippen LogP contribution in [0.2, 0.25) is 0 Å². The van der Waals surface area contributed by atoms with Gasteiger partial charge >= 0.3 is 0 Å². The van der Waals surface area contributed by atoms with Gasteiger partial charge in [0.2, 0.25) is 0 Å². The summed E-state index contributed by atoms with van der Waals surface area (Å²) in [6, 6.07) is 4.27. The van der Waals surface area contributed by atoms with Crippen molar-refractivity contribution < 1.29 is 5.11 Å². The van der Waals surface area contributed by atoms with Gasteiger partial charge in [0.15, 0.2) is 0 Å². The molecule has 0 bridgehead atoms. The van der Waals surface area contributed by atoms with Crippen molar-refractivity contribution in [2.24, 2.45) is 11.8 Å². The number of rotatable bonds is 6. The van der Waals surface area contributed by atoms with Crippen LogP contribution in [0.15, 0.2) is 24.5 Å². The minimum atomic E-state index is -0.298. The van der Waals surface area contributed by atoms with Crippen LogP contribution in [0.4, 0.5) is 0 Å². The van der Waals surface area contributed by atoms with Gasteiger partial charge in [0.05, 0.1) is 6.10 Å². The number of aromatic nitrogens is 1. The van der Waals surface area contributed by atoms with E-state index in [0.717, 1.165) is 0 Å². The van der Waals surface area contributed by atoms with Gasteiger partial charge in [0.25, 0.3) is 0 Å². The molecule has 1 rings (SSSR count). The molecule has 0 aliphatic carbocycles. The molecule has 0 fully saturated rings. The maximum Gasteiger partial charge on any atom is 0.0687 e. The largest absolute Gasteiger partial charge is 0.392 e. The highest BCUT2D eigenvalue weighted by molar-refractivity contribution is 5.14. The van der Waals surface area contributed by atoms with E-state index in [-0.39, 0.29) is 18.1 Å². The molecule has 0 aliphatic heterocycles. The van der Waals surface area contributed by atoms with Gasteiger partial charge < -0.3 is 10.4 Å². The van der Waals surface area contributed by atoms with Gasteiger partial charge in [0, 0.05) is 25.0 Å². The first-order chi connectivity index (χ1) is 8.02. The molecule has 0 radical (unpaired) electrons. The molecule has 2 atom stereocenters. The van der Waals surface area contributed by atoms with Crippen molar-refractivity contribution in [3.63, 3.8) is 0 Å². The molecule has 0 amide bonds. The van der Waals surface area contributed by atoms with Crippen molar-refractivity contribution in [3.8, 4) is 0 Å². The molecular weight excluding hydrogens is 212 g/mol. The minimum Gasteiger partial charge on any atom is -0.392 e. The Kier molecular flexibility index (Phi) is 5.59. The quantitative estimate of drug-likeness (QED) is 0.797. The van der Waals surface area contributed by atoms with E-state index in [1.165, 1.54) is 5.56 Å². The van der Waals surface area contributed by atoms with Crippen molar-refractivity contribution >= 4 is 0 Å². The second-order valence-corrected chi connectivity index (χ2v) is 5.23. The maximum absolute atomic E-state index is 9.83. The number of pyridine rings is 1. The standard InChI is InChI=1S/C14H24N2O/c1-10(2)13(17)9-16-14(11(3)4)12-6-5-7-15-8-12/h5-8,10-11,13-14,16-17H,9H2,1-4H3. The van der Waals surface area contributed by atoms with E-state index in [1.54, 1.807) is 6.20 Å². The number of nitrogens with one attached hydrogen (secondary N) is 1. The van der Waals surface area contributed by atoms with E-state index in [4.69, 9.17) is 0 Å². The van der Waals surface area contributed by atoms with Gasteiger partial charge in [-0.1, -0.05) is 33.8 Å². The molecule has 2 unspecified atom stereocenters. The predicted molar refractivity (Wildman–Crippen MR) is 70.7 cm³/mol. The lowest BCUT2D eigenvalue weighted by atomic mass is 9.96. The molecule has 0 saturated carbocycles. The smallest absolute Gasteiger partial charge is 0.0687 e. The van der Waals surface area contributed by atoms with E-state index in [1.807, 2.05) is 26.1 Å². The van der Waals surface area contributed by atoms with Gasteiger partial charge in [-0.15, -0.1) is 0 Å². The number of nitrogens with zero attached hydrogens (tertiary/aromatic N) is 1. The number of aliphatic hydroxyl groups excluding tert-OH is 1. The van der Waals surface area contributed by atoms with E-state index in [0.29, 0.717) is 12.5 Å². The lowest BCUT2D eigenvalue weighted by Gasteiger charge is -2.25. The summed E-state index contributed by atoms with van der Waals surface area (Å²) in [5, 5.41) is 13.3. The van der Waals surface area contributed by atoms with Crippen molar-refractivity contribution in [2.75, 3.05) is 6.54 Å². The summed E-state index contributed by atoms with van der Waals surface area (Å²) in [5.41, 5.74) is 1.18. The lowest BCUT2D eigenvalue weighted by Crippen LogP contribution is -2.35. The van der Waals surface area contributed by atoms with Crippen LogP contribution in [0.25, 0.3) is 0 Å². The Morgan fingerprint density at radius 2 is 1.94 bits per heavy atom. The molecule has 1 heterocycles. The third kappa shape index (κ3) is 4.44. The molecule has 3 heteroatoms. The van der Waals surface area contributed by atoms with Crippen LogP contribution >= 0.6 is 0 Å². The van der Waals surface area contributed by atoms with Crippen LogP contribution in [-0.2, 0) is 0 Å². The summed E-state index contributed by atoms with van der Waals surface area (Å²) in [5.74, 6) is 0.753. The Hall–Kier alpha value is -0.930. The fourth-order valence-corrected chi connectivity index (χ4v) is 1.78. The maximum atomic E-state index is 9.83. The number of aliphatic hydroxyl groups is 1. The summed E-state index contributed by atoms with van der Waals surface area (Å²) in [4.78, 5) is 4.15. The van der Waals surface area contributed by atoms with Crippen LogP contribution in [0.3, 0.4) is 0 Å². The predicted octanol–water partition coefficient (Wildman–Crippen LogP) is 2.39. The molecule has 0 spiro atoms. The summed E-state index contributed by atoms with van der Waals surface area (Å²) in [6.45, 7) is 9.02. The Morgan fingerprint density at radius 3 is 2.41 bits per heavy atom. The lowest BCUT2D eigenvalue weighted by molar-refractivity contribution is 0.117. The molecule has 17 heavy (non-hydrogen) atoms. The summed E-state index contributed by atoms with van der Waals surface area (Å²) < 4.78 is 0. The highest BCUT2D eigenvalue weighted by Gasteiger charge is 2.17. The fraction of sp³-hybridized carbons (Fsp3) is 0.643. The van der Waals surface area contributed by atoms with E-state index < -0.39 is 0 Å². The van der Waals surface area contributed by atoms with Gasteiger partial charge in [-0.2, -0.15) is 0 Å². The zero-order valence-corrected chi connectivity index (χ0v) is 11.2. The zero-order valence-electron chi connectivity index (χ0n) is 11.2. The Morgan fingerprint density at radius 1 is 1.24 bits per heavy atom. The van der Waals surface area contributed by atoms with Gasteiger partial charge in [-0.3, -0.25) is 4.98 Å². The third-order valence-corrected chi connectivity index (χ3v) is 3.03. The van der Waals surface area contributed by atoms with E-state index in [9.17, 15) is 5.11 Å². The highest BCUT2D eigenvalue weighted by Crippen LogP contribution is 2.20. The third-order valence-electron chi connectivity index (χ3n) is 3.03. The molecule has 2 N–H and O–H groups in total. The molecule has 0 saturated heterocycles. The van der Waals surface area contributed by atoms with Crippen LogP contribution in [0.5, 0.6) is 0 Å². The zero-order chi connectivity index (χ0) is 12.8. The minimum absolute atomic E-state index is 0.247. The molecule has 1 aromatic rings. The SMILES string of the molecule is CC(C)C(O)CNC(c1cccnc1)C(C)C. The number of hydrogen-bond acceptors (Lipinski definition) is 3. The van der Waals surface area contributed by atoms with Crippen LogP contribution < -0.4 is 5.32 Å². The summed E-state index contributed by atoms with van der Waals surface area (Å²) in [7, 11) is 0. The first kappa shape index (κ1) is 14.1. The molecule has 1 aromatic heterocycles. The second kappa shape index (κ2) is 6.72. The fourth-order valence-electron chi connectivity index (χ4n) is 1.78. The first-order valence-electron chi connectivity index (χ1n) is 6.33. The van der Waals surface area contributed by atoms with Crippen LogP contribution in [0, 0.1) is 11.8 Å². The summed E-state index contributed by atoms with van der Waals surface area (Å²) >= 11 is 0. The molecule has 3 nitrogen and oxygen atoms in total. The Labute approximate surface area is 104 Å². The molecule has 0 aliphatic rings. The van der Waals surface area contributed by atoms with Crippen LogP contribution in [0.1, 0.15) is 39.3 Å². The van der Waals surface area contributed by atoms with Crippen molar-refractivity contribution in [2.45, 2.75) is 39.8 Å². The second-order valence-electron chi connectivity index (χ2n) is 5.23. The average molecular weight is 236 g/mol. The van der Waals surface area contributed by atoms with Gasteiger partial charge in [-0.05, 0) is 23.5 Å². The Balaban J connectivity index is 2.62. The first-order valence-corrected chi connectivity index (χ1v) is 6.33. The summed E-state index contributed by atoms with van der Waals surface area (Å²) in [6.07, 6.45) is 3.37. The normalized spacial score (nSPS) is 15.2. The molecule has 0 aromatic carbocycles. The highest BCUT2D eigenvalue weighted by atomic mass is 16.3.